The van der Waals surface area contributed by atoms with Gasteiger partial charge in [0.05, 0.1) is 18.4 Å². The van der Waals surface area contributed by atoms with Crippen molar-refractivity contribution in [2.24, 2.45) is 0 Å². The van der Waals surface area contributed by atoms with Crippen LogP contribution in [0.5, 0.6) is 5.75 Å². The molecule has 1 aromatic carbocycles. The minimum atomic E-state index is 0.452. The molecule has 0 aliphatic heterocycles. The molecule has 2 heterocycles. The van der Waals surface area contributed by atoms with E-state index in [-0.39, 0.29) is 0 Å². The molecule has 0 amide bonds. The Bertz CT molecular complexity index is 929. The quantitative estimate of drug-likeness (QED) is 0.643. The molecular weight excluding hydrogens is 336 g/mol. The van der Waals surface area contributed by atoms with E-state index in [1.807, 2.05) is 44.2 Å². The van der Waals surface area contributed by atoms with Gasteiger partial charge in [-0.15, -0.1) is 0 Å². The van der Waals surface area contributed by atoms with Gasteiger partial charge in [-0.1, -0.05) is 16.9 Å². The van der Waals surface area contributed by atoms with Crippen LogP contribution >= 0.6 is 11.8 Å². The van der Waals surface area contributed by atoms with E-state index >= 15 is 0 Å². The average Bonchev–Trinajstić information content (AvgIpc) is 3.08. The normalized spacial score (nSPS) is 10.5. The largest absolute Gasteiger partial charge is 0.497 e. The van der Waals surface area contributed by atoms with Crippen molar-refractivity contribution in [1.29, 1.82) is 5.26 Å². The number of nitrogens with zero attached hydrogens (tertiary/aromatic N) is 4. The summed E-state index contributed by atoms with van der Waals surface area (Å²) in [5.74, 6) is 2.23. The first-order valence-corrected chi connectivity index (χ1v) is 8.57. The zero-order valence-electron chi connectivity index (χ0n) is 14.1. The fourth-order valence-electron chi connectivity index (χ4n) is 2.34. The monoisotopic (exact) mass is 352 g/mol. The first-order chi connectivity index (χ1) is 12.1. The van der Waals surface area contributed by atoms with Crippen LogP contribution in [0.1, 0.15) is 22.7 Å². The van der Waals surface area contributed by atoms with Crippen LogP contribution in [0, 0.1) is 25.2 Å². The molecule has 126 valence electrons. The molecule has 0 saturated carbocycles. The van der Waals surface area contributed by atoms with Gasteiger partial charge in [-0.3, -0.25) is 0 Å². The molecule has 0 radical (unpaired) electrons. The summed E-state index contributed by atoms with van der Waals surface area (Å²) in [6, 6.07) is 11.5. The summed E-state index contributed by atoms with van der Waals surface area (Å²) >= 11 is 1.42. The van der Waals surface area contributed by atoms with Crippen LogP contribution in [-0.2, 0) is 5.75 Å². The highest BCUT2D eigenvalue weighted by molar-refractivity contribution is 7.98. The Labute approximate surface area is 149 Å². The lowest BCUT2D eigenvalue weighted by atomic mass is 10.1. The number of hydrogen-bond acceptors (Lipinski definition) is 7. The van der Waals surface area contributed by atoms with Gasteiger partial charge >= 0.3 is 0 Å². The van der Waals surface area contributed by atoms with Crippen LogP contribution in [-0.4, -0.2) is 22.2 Å². The molecule has 0 fully saturated rings. The topological polar surface area (TPSA) is 84.8 Å². The second kappa shape index (κ2) is 7.36. The Balaban J connectivity index is 1.75. The molecule has 0 N–H and O–H groups in total. The number of thioether (sulfide) groups is 1. The molecule has 6 nitrogen and oxygen atoms in total. The van der Waals surface area contributed by atoms with Gasteiger partial charge < -0.3 is 9.26 Å². The van der Waals surface area contributed by atoms with E-state index in [0.29, 0.717) is 28.1 Å². The summed E-state index contributed by atoms with van der Waals surface area (Å²) in [5, 5.41) is 14.0. The molecule has 0 bridgehead atoms. The maximum Gasteiger partial charge on any atom is 0.237 e. The molecule has 0 unspecified atom stereocenters. The van der Waals surface area contributed by atoms with Crippen molar-refractivity contribution in [3.8, 4) is 23.2 Å². The lowest BCUT2D eigenvalue weighted by Gasteiger charge is -2.05. The number of benzene rings is 1. The molecular formula is C18H16N4O2S. The van der Waals surface area contributed by atoms with E-state index in [4.69, 9.17) is 9.26 Å². The predicted octanol–water partition coefficient (Wildman–Crippen LogP) is 3.92. The van der Waals surface area contributed by atoms with Gasteiger partial charge in [0.15, 0.2) is 0 Å². The van der Waals surface area contributed by atoms with Crippen LogP contribution in [0.2, 0.25) is 0 Å². The lowest BCUT2D eigenvalue weighted by Crippen LogP contribution is -1.94. The Morgan fingerprint density at radius 1 is 1.20 bits per heavy atom. The zero-order valence-corrected chi connectivity index (χ0v) is 14.9. The van der Waals surface area contributed by atoms with Crippen molar-refractivity contribution in [2.45, 2.75) is 24.6 Å². The Morgan fingerprint density at radius 3 is 2.64 bits per heavy atom. The van der Waals surface area contributed by atoms with Crippen molar-refractivity contribution in [3.05, 3.63) is 53.0 Å². The molecule has 3 rings (SSSR count). The zero-order chi connectivity index (χ0) is 17.8. The minimum absolute atomic E-state index is 0.452. The number of rotatable bonds is 5. The maximum atomic E-state index is 9.32. The summed E-state index contributed by atoms with van der Waals surface area (Å²) in [4.78, 5) is 8.84. The van der Waals surface area contributed by atoms with E-state index in [1.165, 1.54) is 11.8 Å². The number of hydrogen-bond donors (Lipinski definition) is 0. The number of pyridine rings is 1. The van der Waals surface area contributed by atoms with Gasteiger partial charge in [0, 0.05) is 11.3 Å². The van der Waals surface area contributed by atoms with Gasteiger partial charge in [-0.2, -0.15) is 10.2 Å². The van der Waals surface area contributed by atoms with Crippen molar-refractivity contribution in [2.75, 3.05) is 7.11 Å². The highest BCUT2D eigenvalue weighted by atomic mass is 32.2. The molecule has 0 aliphatic carbocycles. The second-order valence-corrected chi connectivity index (χ2v) is 6.37. The van der Waals surface area contributed by atoms with Gasteiger partial charge in [-0.25, -0.2) is 4.98 Å². The van der Waals surface area contributed by atoms with Crippen molar-refractivity contribution >= 4 is 11.8 Å². The Hall–Kier alpha value is -2.85. The Morgan fingerprint density at radius 2 is 1.96 bits per heavy atom. The predicted molar refractivity (Wildman–Crippen MR) is 94.3 cm³/mol. The van der Waals surface area contributed by atoms with E-state index in [9.17, 15) is 5.26 Å². The number of ether oxygens (including phenoxy) is 1. The van der Waals surface area contributed by atoms with Crippen LogP contribution in [0.25, 0.3) is 11.4 Å². The third-order valence-electron chi connectivity index (χ3n) is 3.57. The maximum absolute atomic E-state index is 9.32. The molecule has 0 aliphatic rings. The number of aromatic nitrogens is 3. The fraction of sp³-hybridized carbons (Fsp3) is 0.222. The third-order valence-corrected chi connectivity index (χ3v) is 4.53. The highest BCUT2D eigenvalue weighted by Crippen LogP contribution is 2.27. The van der Waals surface area contributed by atoms with Gasteiger partial charge in [0.2, 0.25) is 11.7 Å². The van der Waals surface area contributed by atoms with Crippen LogP contribution in [0.4, 0.5) is 0 Å². The summed E-state index contributed by atoms with van der Waals surface area (Å²) in [5.41, 5.74) is 3.24. The molecule has 25 heavy (non-hydrogen) atoms. The molecule has 7 heteroatoms. The first kappa shape index (κ1) is 17.0. The second-order valence-electron chi connectivity index (χ2n) is 5.40. The number of methoxy groups -OCH3 is 1. The van der Waals surface area contributed by atoms with Crippen molar-refractivity contribution in [1.82, 2.24) is 15.1 Å². The summed E-state index contributed by atoms with van der Waals surface area (Å²) in [6.07, 6.45) is 0. The molecule has 3 aromatic rings. The molecule has 0 spiro atoms. The fourth-order valence-corrected chi connectivity index (χ4v) is 3.28. The van der Waals surface area contributed by atoms with E-state index in [0.717, 1.165) is 22.6 Å². The van der Waals surface area contributed by atoms with Crippen LogP contribution in [0.3, 0.4) is 0 Å². The van der Waals surface area contributed by atoms with Crippen molar-refractivity contribution in [3.63, 3.8) is 0 Å². The summed E-state index contributed by atoms with van der Waals surface area (Å²) in [6.45, 7) is 3.82. The Kier molecular flexibility index (Phi) is 5.00. The van der Waals surface area contributed by atoms with Gasteiger partial charge in [0.1, 0.15) is 16.8 Å². The molecule has 0 saturated heterocycles. The third kappa shape index (κ3) is 3.80. The molecule has 0 atom stereocenters. The van der Waals surface area contributed by atoms with E-state index in [2.05, 4.69) is 21.2 Å². The minimum Gasteiger partial charge on any atom is -0.497 e. The van der Waals surface area contributed by atoms with E-state index < -0.39 is 0 Å². The smallest absolute Gasteiger partial charge is 0.237 e. The summed E-state index contributed by atoms with van der Waals surface area (Å²) in [7, 11) is 1.62. The van der Waals surface area contributed by atoms with Crippen LogP contribution < -0.4 is 4.74 Å². The standard InChI is InChI=1S/C18H16N4O2S/c1-11-8-12(2)20-18(15(11)9-19)25-10-16-21-17(22-24-16)13-4-6-14(23-3)7-5-13/h4-8H,10H2,1-3H3. The SMILES string of the molecule is COc1ccc(-c2noc(CSc3nc(C)cc(C)c3C#N)n2)cc1. The number of nitriles is 1. The van der Waals surface area contributed by atoms with Gasteiger partial charge in [-0.05, 0) is 49.7 Å². The van der Waals surface area contributed by atoms with E-state index in [1.54, 1.807) is 7.11 Å². The summed E-state index contributed by atoms with van der Waals surface area (Å²) < 4.78 is 10.4. The lowest BCUT2D eigenvalue weighted by molar-refractivity contribution is 0.391. The first-order valence-electron chi connectivity index (χ1n) is 7.59. The number of aryl methyl sites for hydroxylation is 2. The average molecular weight is 352 g/mol. The van der Waals surface area contributed by atoms with Crippen molar-refractivity contribution < 1.29 is 9.26 Å². The van der Waals surface area contributed by atoms with Crippen LogP contribution in [0.15, 0.2) is 39.9 Å². The van der Waals surface area contributed by atoms with Gasteiger partial charge in [0.25, 0.3) is 0 Å². The molecule has 2 aromatic heterocycles. The highest BCUT2D eigenvalue weighted by Gasteiger charge is 2.13.